The van der Waals surface area contributed by atoms with Gasteiger partial charge >= 0.3 is 0 Å². The van der Waals surface area contributed by atoms with Crippen LogP contribution in [0.4, 0.5) is 0 Å². The number of carbonyl (C=O) groups excluding carboxylic acids is 2. The first-order valence-electron chi connectivity index (χ1n) is 10.8. The number of nitrogens with one attached hydrogen (secondary N) is 1. The molecule has 0 unspecified atom stereocenters. The van der Waals surface area contributed by atoms with Crippen LogP contribution in [0.25, 0.3) is 10.2 Å². The molecule has 0 aliphatic heterocycles. The molecule has 8 heteroatoms. The number of pyridine rings is 1. The summed E-state index contributed by atoms with van der Waals surface area (Å²) in [5, 5.41) is 8.16. The van der Waals surface area contributed by atoms with Crippen LogP contribution in [0.3, 0.4) is 0 Å². The van der Waals surface area contributed by atoms with Crippen LogP contribution < -0.4 is 11.1 Å². The number of amides is 2. The molecule has 1 saturated carbocycles. The number of thiophene rings is 1. The lowest BCUT2D eigenvalue weighted by molar-refractivity contribution is 0.0938. The van der Waals surface area contributed by atoms with Gasteiger partial charge in [0.05, 0.1) is 10.6 Å². The molecule has 0 spiro atoms. The quantitative estimate of drug-likeness (QED) is 0.585. The average molecular weight is 441 g/mol. The van der Waals surface area contributed by atoms with Crippen LogP contribution in [0.2, 0.25) is 0 Å². The molecule has 3 aromatic heterocycles. The Kier molecular flexibility index (Phi) is 6.09. The van der Waals surface area contributed by atoms with Crippen molar-refractivity contribution in [2.45, 2.75) is 58.3 Å². The maximum Gasteiger partial charge on any atom is 0.259 e. The molecular formula is C23H28N4O3S. The van der Waals surface area contributed by atoms with Crippen LogP contribution in [-0.2, 0) is 0 Å². The highest BCUT2D eigenvalue weighted by Crippen LogP contribution is 2.43. The van der Waals surface area contributed by atoms with Crippen molar-refractivity contribution in [3.63, 3.8) is 0 Å². The third kappa shape index (κ3) is 4.21. The van der Waals surface area contributed by atoms with Crippen molar-refractivity contribution < 1.29 is 14.1 Å². The highest BCUT2D eigenvalue weighted by molar-refractivity contribution is 7.20. The molecule has 1 fully saturated rings. The molecule has 1 aliphatic rings. The van der Waals surface area contributed by atoms with E-state index in [1.54, 1.807) is 13.1 Å². The van der Waals surface area contributed by atoms with Gasteiger partial charge in [0.15, 0.2) is 0 Å². The van der Waals surface area contributed by atoms with Crippen LogP contribution in [0.1, 0.15) is 88.4 Å². The molecule has 0 radical (unpaired) electrons. The second kappa shape index (κ2) is 8.78. The SMILES string of the molecule is Cc1onc(C(C)C)c1C(=O)NCC1CCC(c2c(C(N)=O)sc3ncccc23)CC1. The number of hydrogen-bond donors (Lipinski definition) is 2. The predicted molar refractivity (Wildman–Crippen MR) is 120 cm³/mol. The first kappa shape index (κ1) is 21.5. The number of primary amides is 1. The minimum Gasteiger partial charge on any atom is -0.365 e. The summed E-state index contributed by atoms with van der Waals surface area (Å²) >= 11 is 1.39. The Morgan fingerprint density at radius 2 is 2.03 bits per heavy atom. The van der Waals surface area contributed by atoms with Crippen molar-refractivity contribution in [2.75, 3.05) is 6.54 Å². The number of fused-ring (bicyclic) bond motifs is 1. The van der Waals surface area contributed by atoms with Crippen molar-refractivity contribution in [2.24, 2.45) is 11.7 Å². The fraction of sp³-hybridized carbons (Fsp3) is 0.478. The van der Waals surface area contributed by atoms with E-state index in [1.165, 1.54) is 11.3 Å². The van der Waals surface area contributed by atoms with Gasteiger partial charge in [-0.15, -0.1) is 11.3 Å². The van der Waals surface area contributed by atoms with Gasteiger partial charge < -0.3 is 15.6 Å². The van der Waals surface area contributed by atoms with Gasteiger partial charge in [0.25, 0.3) is 11.8 Å². The standard InChI is InChI=1S/C23H28N4O3S/c1-12(2)19-17(13(3)30-27-19)22(29)26-11-14-6-8-15(9-7-14)18-16-5-4-10-25-23(16)31-20(18)21(24)28/h4-5,10,12,14-15H,6-9,11H2,1-3H3,(H2,24,28)(H,26,29). The molecule has 31 heavy (non-hydrogen) atoms. The molecule has 0 bridgehead atoms. The van der Waals surface area contributed by atoms with Gasteiger partial charge in [0, 0.05) is 18.1 Å². The van der Waals surface area contributed by atoms with E-state index in [0.29, 0.717) is 40.3 Å². The van der Waals surface area contributed by atoms with E-state index in [4.69, 9.17) is 10.3 Å². The van der Waals surface area contributed by atoms with Gasteiger partial charge in [-0.05, 0) is 62.0 Å². The minimum atomic E-state index is -0.377. The van der Waals surface area contributed by atoms with Crippen LogP contribution >= 0.6 is 11.3 Å². The van der Waals surface area contributed by atoms with E-state index in [-0.39, 0.29) is 17.7 Å². The first-order valence-corrected chi connectivity index (χ1v) is 11.6. The number of nitrogens with two attached hydrogens (primary N) is 1. The summed E-state index contributed by atoms with van der Waals surface area (Å²) in [4.78, 5) is 30.7. The molecule has 0 aromatic carbocycles. The summed E-state index contributed by atoms with van der Waals surface area (Å²) < 4.78 is 5.24. The monoisotopic (exact) mass is 440 g/mol. The number of aromatic nitrogens is 2. The number of hydrogen-bond acceptors (Lipinski definition) is 6. The summed E-state index contributed by atoms with van der Waals surface area (Å²) in [5.41, 5.74) is 8.00. The minimum absolute atomic E-state index is 0.115. The van der Waals surface area contributed by atoms with Crippen molar-refractivity contribution in [1.82, 2.24) is 15.5 Å². The molecule has 3 heterocycles. The molecule has 4 rings (SSSR count). The zero-order chi connectivity index (χ0) is 22.1. The average Bonchev–Trinajstić information content (AvgIpc) is 3.33. The van der Waals surface area contributed by atoms with Gasteiger partial charge in [0.2, 0.25) is 0 Å². The third-order valence-corrected chi connectivity index (χ3v) is 7.34. The molecule has 7 nitrogen and oxygen atoms in total. The van der Waals surface area contributed by atoms with Crippen LogP contribution in [-0.4, -0.2) is 28.5 Å². The lowest BCUT2D eigenvalue weighted by atomic mass is 9.78. The zero-order valence-corrected chi connectivity index (χ0v) is 18.9. The largest absolute Gasteiger partial charge is 0.365 e. The van der Waals surface area contributed by atoms with Gasteiger partial charge in [-0.2, -0.15) is 0 Å². The normalized spacial score (nSPS) is 19.1. The topological polar surface area (TPSA) is 111 Å². The summed E-state index contributed by atoms with van der Waals surface area (Å²) in [6, 6.07) is 3.93. The lowest BCUT2D eigenvalue weighted by Gasteiger charge is -2.29. The fourth-order valence-corrected chi connectivity index (χ4v) is 5.66. The maximum absolute atomic E-state index is 12.7. The van der Waals surface area contributed by atoms with E-state index < -0.39 is 0 Å². The third-order valence-electron chi connectivity index (χ3n) is 6.20. The van der Waals surface area contributed by atoms with E-state index in [0.717, 1.165) is 41.5 Å². The van der Waals surface area contributed by atoms with Gasteiger partial charge in [0.1, 0.15) is 16.2 Å². The lowest BCUT2D eigenvalue weighted by Crippen LogP contribution is -2.32. The Bertz CT molecular complexity index is 1110. The number of aryl methyl sites for hydroxylation is 1. The number of nitrogens with zero attached hydrogens (tertiary/aromatic N) is 2. The number of carbonyl (C=O) groups is 2. The Balaban J connectivity index is 1.41. The highest BCUT2D eigenvalue weighted by atomic mass is 32.1. The Hall–Kier alpha value is -2.74. The predicted octanol–water partition coefficient (Wildman–Crippen LogP) is 4.52. The molecule has 3 aromatic rings. The van der Waals surface area contributed by atoms with E-state index in [1.807, 2.05) is 26.0 Å². The second-order valence-electron chi connectivity index (χ2n) is 8.65. The maximum atomic E-state index is 12.7. The molecule has 3 N–H and O–H groups in total. The molecule has 1 aliphatic carbocycles. The van der Waals surface area contributed by atoms with Gasteiger partial charge in [-0.25, -0.2) is 4.98 Å². The van der Waals surface area contributed by atoms with E-state index in [9.17, 15) is 9.59 Å². The summed E-state index contributed by atoms with van der Waals surface area (Å²) in [5.74, 6) is 0.890. The zero-order valence-electron chi connectivity index (χ0n) is 18.1. The smallest absolute Gasteiger partial charge is 0.259 e. The highest BCUT2D eigenvalue weighted by Gasteiger charge is 2.29. The van der Waals surface area contributed by atoms with E-state index >= 15 is 0 Å². The molecule has 164 valence electrons. The van der Waals surface area contributed by atoms with Crippen LogP contribution in [0.5, 0.6) is 0 Å². The van der Waals surface area contributed by atoms with Gasteiger partial charge in [-0.3, -0.25) is 9.59 Å². The summed E-state index contributed by atoms with van der Waals surface area (Å²) in [7, 11) is 0. The second-order valence-corrected chi connectivity index (χ2v) is 9.65. The van der Waals surface area contributed by atoms with Crippen molar-refractivity contribution in [3.05, 3.63) is 45.8 Å². The van der Waals surface area contributed by atoms with Gasteiger partial charge in [-0.1, -0.05) is 25.1 Å². The molecule has 0 saturated heterocycles. The summed E-state index contributed by atoms with van der Waals surface area (Å²) in [6.45, 7) is 6.40. The van der Waals surface area contributed by atoms with E-state index in [2.05, 4.69) is 15.5 Å². The van der Waals surface area contributed by atoms with Crippen molar-refractivity contribution >= 4 is 33.4 Å². The molecule has 2 amide bonds. The fourth-order valence-electron chi connectivity index (χ4n) is 4.58. The van der Waals surface area contributed by atoms with Crippen LogP contribution in [0, 0.1) is 12.8 Å². The Morgan fingerprint density at radius 3 is 2.71 bits per heavy atom. The summed E-state index contributed by atoms with van der Waals surface area (Å²) in [6.07, 6.45) is 5.64. The molecule has 0 atom stereocenters. The van der Waals surface area contributed by atoms with Crippen molar-refractivity contribution in [3.8, 4) is 0 Å². The van der Waals surface area contributed by atoms with Crippen LogP contribution in [0.15, 0.2) is 22.9 Å². The Morgan fingerprint density at radius 1 is 1.29 bits per heavy atom. The van der Waals surface area contributed by atoms with Crippen molar-refractivity contribution in [1.29, 1.82) is 0 Å². The number of rotatable bonds is 6. The first-order chi connectivity index (χ1) is 14.9. The molecular weight excluding hydrogens is 412 g/mol. The Labute approximate surface area is 185 Å².